The predicted octanol–water partition coefficient (Wildman–Crippen LogP) is 2.22. The highest BCUT2D eigenvalue weighted by molar-refractivity contribution is 6.12. The molecular formula is C14H10N2O2. The minimum Gasteiger partial charge on any atom is -0.278 e. The number of amides is 2. The van der Waals surface area contributed by atoms with E-state index in [0.717, 1.165) is 10.3 Å². The van der Waals surface area contributed by atoms with Crippen molar-refractivity contribution in [2.24, 2.45) is 0 Å². The molecule has 2 aromatic carbocycles. The van der Waals surface area contributed by atoms with Crippen molar-refractivity contribution >= 4 is 28.8 Å². The first kappa shape index (κ1) is 11.8. The zero-order valence-electron chi connectivity index (χ0n) is 9.75. The summed E-state index contributed by atoms with van der Waals surface area (Å²) in [4.78, 5) is 23.4. The van der Waals surface area contributed by atoms with Crippen LogP contribution < -0.4 is 4.90 Å². The van der Waals surface area contributed by atoms with E-state index in [4.69, 9.17) is 5.26 Å². The number of nitriles is 1. The number of imide groups is 1. The maximum absolute atomic E-state index is 11.4. The fourth-order valence-electron chi connectivity index (χ4n) is 1.89. The second-order valence-electron chi connectivity index (χ2n) is 3.78. The maximum Gasteiger partial charge on any atom is 0.230 e. The summed E-state index contributed by atoms with van der Waals surface area (Å²) >= 11 is 0. The van der Waals surface area contributed by atoms with E-state index >= 15 is 0 Å². The van der Waals surface area contributed by atoms with Crippen molar-refractivity contribution < 1.29 is 9.59 Å². The number of rotatable bonds is 2. The molecule has 2 rings (SSSR count). The van der Waals surface area contributed by atoms with Crippen LogP contribution in [0.3, 0.4) is 0 Å². The van der Waals surface area contributed by atoms with Gasteiger partial charge in [0.2, 0.25) is 12.3 Å². The lowest BCUT2D eigenvalue weighted by atomic mass is 10.0. The summed E-state index contributed by atoms with van der Waals surface area (Å²) in [6, 6.07) is 12.5. The summed E-state index contributed by atoms with van der Waals surface area (Å²) in [6.45, 7) is 1.32. The Balaban J connectivity index is 2.78. The van der Waals surface area contributed by atoms with Gasteiger partial charge in [0.25, 0.3) is 0 Å². The van der Waals surface area contributed by atoms with E-state index in [2.05, 4.69) is 6.07 Å². The van der Waals surface area contributed by atoms with Gasteiger partial charge in [-0.15, -0.1) is 0 Å². The van der Waals surface area contributed by atoms with E-state index < -0.39 is 0 Å². The first-order valence-electron chi connectivity index (χ1n) is 5.36. The highest BCUT2D eigenvalue weighted by atomic mass is 16.2. The van der Waals surface area contributed by atoms with E-state index in [9.17, 15) is 9.59 Å². The molecular weight excluding hydrogens is 228 g/mol. The molecule has 4 nitrogen and oxygen atoms in total. The van der Waals surface area contributed by atoms with Gasteiger partial charge in [-0.2, -0.15) is 5.26 Å². The molecule has 2 amide bonds. The lowest BCUT2D eigenvalue weighted by Gasteiger charge is -2.16. The Morgan fingerprint density at radius 2 is 1.89 bits per heavy atom. The fourth-order valence-corrected chi connectivity index (χ4v) is 1.89. The molecule has 0 unspecified atom stereocenters. The van der Waals surface area contributed by atoms with Gasteiger partial charge in [-0.05, 0) is 12.1 Å². The van der Waals surface area contributed by atoms with Gasteiger partial charge >= 0.3 is 0 Å². The molecule has 0 bridgehead atoms. The first-order valence-corrected chi connectivity index (χ1v) is 5.36. The lowest BCUT2D eigenvalue weighted by molar-refractivity contribution is -0.120. The summed E-state index contributed by atoms with van der Waals surface area (Å²) < 4.78 is 0. The second-order valence-corrected chi connectivity index (χ2v) is 3.78. The highest BCUT2D eigenvalue weighted by Gasteiger charge is 2.14. The van der Waals surface area contributed by atoms with Crippen LogP contribution in [0.15, 0.2) is 36.4 Å². The van der Waals surface area contributed by atoms with Crippen LogP contribution in [-0.2, 0) is 9.59 Å². The lowest BCUT2D eigenvalue weighted by Crippen LogP contribution is -2.26. The SMILES string of the molecule is CC(=O)N(C=O)c1ccc(C#N)c2ccccc12. The normalized spacial score (nSPS) is 9.78. The molecule has 2 aromatic rings. The van der Waals surface area contributed by atoms with Crippen LogP contribution in [0, 0.1) is 11.3 Å². The van der Waals surface area contributed by atoms with Gasteiger partial charge in [0.15, 0.2) is 0 Å². The molecule has 0 heterocycles. The Morgan fingerprint density at radius 3 is 2.44 bits per heavy atom. The third-order valence-corrected chi connectivity index (χ3v) is 2.73. The smallest absolute Gasteiger partial charge is 0.230 e. The minimum atomic E-state index is -0.361. The van der Waals surface area contributed by atoms with Crippen LogP contribution in [0.1, 0.15) is 12.5 Å². The zero-order valence-corrected chi connectivity index (χ0v) is 9.75. The molecule has 4 heteroatoms. The van der Waals surface area contributed by atoms with E-state index in [-0.39, 0.29) is 5.91 Å². The number of anilines is 1. The number of carbonyl (C=O) groups excluding carboxylic acids is 2. The van der Waals surface area contributed by atoms with E-state index in [1.807, 2.05) is 6.07 Å². The average Bonchev–Trinajstić information content (AvgIpc) is 2.39. The van der Waals surface area contributed by atoms with Crippen LogP contribution in [-0.4, -0.2) is 12.3 Å². The van der Waals surface area contributed by atoms with Crippen molar-refractivity contribution in [2.45, 2.75) is 6.92 Å². The van der Waals surface area contributed by atoms with Crippen LogP contribution in [0.5, 0.6) is 0 Å². The number of hydrogen-bond acceptors (Lipinski definition) is 3. The molecule has 0 aliphatic rings. The van der Waals surface area contributed by atoms with E-state index in [1.165, 1.54) is 6.92 Å². The Labute approximate surface area is 104 Å². The van der Waals surface area contributed by atoms with Crippen LogP contribution in [0.2, 0.25) is 0 Å². The Kier molecular flexibility index (Phi) is 3.07. The van der Waals surface area contributed by atoms with Gasteiger partial charge in [0, 0.05) is 17.7 Å². The minimum absolute atomic E-state index is 0.361. The Morgan fingerprint density at radius 1 is 1.22 bits per heavy atom. The van der Waals surface area contributed by atoms with Crippen molar-refractivity contribution in [3.8, 4) is 6.07 Å². The molecule has 0 N–H and O–H groups in total. The van der Waals surface area contributed by atoms with Crippen molar-refractivity contribution in [1.29, 1.82) is 5.26 Å². The summed E-state index contributed by atoms with van der Waals surface area (Å²) in [6.07, 6.45) is 0.482. The van der Waals surface area contributed by atoms with Crippen molar-refractivity contribution in [3.05, 3.63) is 42.0 Å². The third-order valence-electron chi connectivity index (χ3n) is 2.73. The molecule has 0 atom stereocenters. The molecule has 18 heavy (non-hydrogen) atoms. The number of carbonyl (C=O) groups is 2. The molecule has 0 spiro atoms. The number of benzene rings is 2. The highest BCUT2D eigenvalue weighted by Crippen LogP contribution is 2.28. The molecule has 0 aromatic heterocycles. The maximum atomic E-state index is 11.4. The van der Waals surface area contributed by atoms with Gasteiger partial charge in [-0.25, -0.2) is 0 Å². The summed E-state index contributed by atoms with van der Waals surface area (Å²) in [5.41, 5.74) is 1.01. The van der Waals surface area contributed by atoms with Crippen LogP contribution in [0.25, 0.3) is 10.8 Å². The van der Waals surface area contributed by atoms with Crippen LogP contribution >= 0.6 is 0 Å². The average molecular weight is 238 g/mol. The largest absolute Gasteiger partial charge is 0.278 e. The molecule has 0 aliphatic carbocycles. The predicted molar refractivity (Wildman–Crippen MR) is 67.9 cm³/mol. The first-order chi connectivity index (χ1) is 8.69. The second kappa shape index (κ2) is 4.68. The molecule has 0 fully saturated rings. The number of hydrogen-bond donors (Lipinski definition) is 0. The fraction of sp³-hybridized carbons (Fsp3) is 0.0714. The van der Waals surface area contributed by atoms with Gasteiger partial charge in [-0.1, -0.05) is 24.3 Å². The molecule has 0 radical (unpaired) electrons. The molecule has 88 valence electrons. The van der Waals surface area contributed by atoms with Gasteiger partial charge in [0.1, 0.15) is 0 Å². The third kappa shape index (κ3) is 1.82. The van der Waals surface area contributed by atoms with Crippen molar-refractivity contribution in [1.82, 2.24) is 0 Å². The quantitative estimate of drug-likeness (QED) is 0.753. The summed E-state index contributed by atoms with van der Waals surface area (Å²) in [5.74, 6) is -0.361. The van der Waals surface area contributed by atoms with Crippen molar-refractivity contribution in [3.63, 3.8) is 0 Å². The summed E-state index contributed by atoms with van der Waals surface area (Å²) in [7, 11) is 0. The summed E-state index contributed by atoms with van der Waals surface area (Å²) in [5, 5.41) is 10.5. The zero-order chi connectivity index (χ0) is 13.1. The molecule has 0 saturated heterocycles. The standard InChI is InChI=1S/C14H10N2O2/c1-10(18)16(9-17)14-7-6-11(8-15)12-4-2-3-5-13(12)14/h2-7,9H,1H3. The Bertz CT molecular complexity index is 671. The van der Waals surface area contributed by atoms with E-state index in [0.29, 0.717) is 23.0 Å². The number of nitrogens with zero attached hydrogens (tertiary/aromatic N) is 2. The molecule has 0 aliphatic heterocycles. The van der Waals surface area contributed by atoms with Gasteiger partial charge in [-0.3, -0.25) is 14.5 Å². The van der Waals surface area contributed by atoms with Gasteiger partial charge in [0.05, 0.1) is 17.3 Å². The molecule has 0 saturated carbocycles. The van der Waals surface area contributed by atoms with Gasteiger partial charge < -0.3 is 0 Å². The number of fused-ring (bicyclic) bond motifs is 1. The monoisotopic (exact) mass is 238 g/mol. The Hall–Kier alpha value is -2.67. The van der Waals surface area contributed by atoms with Crippen molar-refractivity contribution in [2.75, 3.05) is 4.90 Å². The van der Waals surface area contributed by atoms with E-state index in [1.54, 1.807) is 30.3 Å². The van der Waals surface area contributed by atoms with Crippen LogP contribution in [0.4, 0.5) is 5.69 Å². The topological polar surface area (TPSA) is 61.2 Å².